The summed E-state index contributed by atoms with van der Waals surface area (Å²) in [7, 11) is 1.14. The number of hydrogen-bond donors (Lipinski definition) is 9. The molecule has 394 valence electrons. The first-order valence-electron chi connectivity index (χ1n) is 23.0. The highest BCUT2D eigenvalue weighted by Gasteiger charge is 2.49. The largest absolute Gasteiger partial charge is 0.468 e. The summed E-state index contributed by atoms with van der Waals surface area (Å²) in [6.07, 6.45) is -14.1. The predicted molar refractivity (Wildman–Crippen MR) is 241 cm³/mol. The highest BCUT2D eigenvalue weighted by Crippen LogP contribution is 2.38. The van der Waals surface area contributed by atoms with E-state index in [9.17, 15) is 65.1 Å². The molecular weight excluding hydrogens is 957 g/mol. The topological polar surface area (TPSA) is 343 Å². The first kappa shape index (κ1) is 55.7. The molecule has 2 saturated heterocycles. The molecule has 0 saturated carbocycles. The number of benzene rings is 2. The Bertz CT molecular complexity index is 2290. The quantitative estimate of drug-likeness (QED) is 0.0463. The first-order valence-corrected chi connectivity index (χ1v) is 23.0. The van der Waals surface area contributed by atoms with Crippen molar-refractivity contribution < 1.29 is 113 Å². The molecule has 72 heavy (non-hydrogen) atoms. The average Bonchev–Trinajstić information content (AvgIpc) is 3.37. The molecule has 14 atom stereocenters. The Morgan fingerprint density at radius 2 is 0.986 bits per heavy atom. The lowest BCUT2D eigenvalue weighted by Crippen LogP contribution is -2.60. The highest BCUT2D eigenvalue weighted by molar-refractivity contribution is 5.91. The maximum absolute atomic E-state index is 13.7. The molecule has 2 aromatic carbocycles. The van der Waals surface area contributed by atoms with Gasteiger partial charge in [0.25, 0.3) is 0 Å². The summed E-state index contributed by atoms with van der Waals surface area (Å²) in [6.45, 7) is 1.49. The number of carbonyl (C=O) groups is 4. The molecule has 0 amide bonds. The van der Waals surface area contributed by atoms with Gasteiger partial charge < -0.3 is 93.3 Å². The zero-order valence-electron chi connectivity index (χ0n) is 39.4. The second-order valence-corrected chi connectivity index (χ2v) is 16.9. The predicted octanol–water partition coefficient (Wildman–Crippen LogP) is -0.990. The molecule has 0 aromatic heterocycles. The Labute approximate surface area is 412 Å². The van der Waals surface area contributed by atoms with Crippen molar-refractivity contribution >= 4 is 23.9 Å². The second-order valence-electron chi connectivity index (χ2n) is 16.9. The minimum atomic E-state index is -1.78. The summed E-state index contributed by atoms with van der Waals surface area (Å²) in [5.41, 5.74) is 1.72. The Kier molecular flexibility index (Phi) is 20.0. The van der Waals surface area contributed by atoms with Crippen LogP contribution in [0.25, 0.3) is 0 Å². The molecule has 4 aliphatic rings. The van der Waals surface area contributed by atoms with Gasteiger partial charge in [0.1, 0.15) is 60.3 Å². The summed E-state index contributed by atoms with van der Waals surface area (Å²) in [4.78, 5) is 53.4. The van der Waals surface area contributed by atoms with E-state index in [0.717, 1.165) is 25.2 Å². The normalized spacial score (nSPS) is 31.6. The van der Waals surface area contributed by atoms with Gasteiger partial charge in [-0.15, -0.1) is 0 Å². The van der Waals surface area contributed by atoms with Crippen LogP contribution in [0.2, 0.25) is 0 Å². The van der Waals surface area contributed by atoms with Crippen molar-refractivity contribution in [3.63, 3.8) is 0 Å². The molecular formula is C49H60O23. The Balaban J connectivity index is 1.09. The molecule has 0 aliphatic carbocycles. The van der Waals surface area contributed by atoms with Gasteiger partial charge in [0.2, 0.25) is 12.6 Å². The maximum Gasteiger partial charge on any atom is 0.337 e. The third-order valence-corrected chi connectivity index (χ3v) is 12.3. The van der Waals surface area contributed by atoms with Gasteiger partial charge in [0.05, 0.1) is 63.4 Å². The number of rotatable bonds is 19. The van der Waals surface area contributed by atoms with Gasteiger partial charge >= 0.3 is 23.9 Å². The number of ether oxygens (including phenoxy) is 10. The van der Waals surface area contributed by atoms with Gasteiger partial charge in [0, 0.05) is 36.0 Å². The second kappa shape index (κ2) is 25.8. The van der Waals surface area contributed by atoms with Gasteiger partial charge in [-0.2, -0.15) is 0 Å². The minimum absolute atomic E-state index is 0.0628. The van der Waals surface area contributed by atoms with Gasteiger partial charge in [-0.05, 0) is 55.7 Å². The monoisotopic (exact) mass is 1020 g/mol. The van der Waals surface area contributed by atoms with Gasteiger partial charge in [-0.1, -0.05) is 36.4 Å². The first-order chi connectivity index (χ1) is 34.5. The van der Waals surface area contributed by atoms with Crippen LogP contribution >= 0.6 is 0 Å². The molecule has 2 aromatic rings. The lowest BCUT2D eigenvalue weighted by molar-refractivity contribution is -0.327. The van der Waals surface area contributed by atoms with Crippen molar-refractivity contribution in [2.45, 2.75) is 114 Å². The van der Waals surface area contributed by atoms with E-state index < -0.39 is 136 Å². The number of aliphatic hydroxyl groups is 9. The van der Waals surface area contributed by atoms with Crippen LogP contribution in [0.5, 0.6) is 11.5 Å². The number of aliphatic hydroxyl groups excluding tert-OH is 9. The molecule has 4 heterocycles. The van der Waals surface area contributed by atoms with E-state index in [0.29, 0.717) is 12.0 Å². The van der Waals surface area contributed by atoms with Crippen LogP contribution in [0, 0.1) is 11.8 Å². The zero-order valence-corrected chi connectivity index (χ0v) is 39.4. The molecule has 23 nitrogen and oxygen atoms in total. The summed E-state index contributed by atoms with van der Waals surface area (Å²) in [5.74, 6) is -5.03. The van der Waals surface area contributed by atoms with Crippen LogP contribution in [0.4, 0.5) is 0 Å². The fourth-order valence-electron chi connectivity index (χ4n) is 8.33. The van der Waals surface area contributed by atoms with E-state index in [1.54, 1.807) is 50.2 Å². The van der Waals surface area contributed by atoms with Crippen molar-refractivity contribution in [3.8, 4) is 11.5 Å². The molecule has 0 unspecified atom stereocenters. The van der Waals surface area contributed by atoms with Crippen molar-refractivity contribution in [2.75, 3.05) is 33.5 Å². The number of hydrogen-bond acceptors (Lipinski definition) is 23. The molecule has 4 aliphatic heterocycles. The fourth-order valence-corrected chi connectivity index (χ4v) is 8.33. The minimum Gasteiger partial charge on any atom is -0.468 e. The molecule has 0 radical (unpaired) electrons. The fraction of sp³-hybridized carbons (Fsp3) is 0.510. The lowest BCUT2D eigenvalue weighted by atomic mass is 9.86. The molecule has 6 rings (SSSR count). The van der Waals surface area contributed by atoms with Crippen molar-refractivity contribution in [1.29, 1.82) is 0 Å². The van der Waals surface area contributed by atoms with E-state index in [4.69, 9.17) is 47.4 Å². The number of methoxy groups -OCH3 is 1. The number of esters is 4. The standard InChI is InChI=1S/C49H60O23/c1-4-28-30(32(44(61)63-3)22-65-46(28)71-48-42(59)40(57)38(55)34(20-51)69-48)18-36(53)68-27-12-8-25(9-13-27)15-17-64-45(62)33-23-66-47(72-49-43(60)41(58)39(56)35(21-52)70-49)29(5-2)31(33)19-37(54)67-26-10-6-24(7-11-26)14-16-50/h4-13,22-23,30-31,34-35,38-43,46-52,55-60H,14-21H2,1-3H3/b28-4+,29-5+/t30-,31-,34+,35+,38+,39+,40+,41+,42+,43+,46-,47-,48-,49-/m0/s1. The van der Waals surface area contributed by atoms with E-state index in [1.165, 1.54) is 24.3 Å². The van der Waals surface area contributed by atoms with Crippen LogP contribution in [0.15, 0.2) is 95.5 Å². The molecule has 0 bridgehead atoms. The van der Waals surface area contributed by atoms with Crippen LogP contribution in [-0.4, -0.2) is 177 Å². The van der Waals surface area contributed by atoms with E-state index >= 15 is 0 Å². The number of allylic oxidation sites excluding steroid dienone is 2. The molecule has 9 N–H and O–H groups in total. The molecule has 0 spiro atoms. The van der Waals surface area contributed by atoms with E-state index in [-0.39, 0.29) is 53.4 Å². The van der Waals surface area contributed by atoms with Gasteiger partial charge in [-0.25, -0.2) is 9.59 Å². The third kappa shape index (κ3) is 13.3. The smallest absolute Gasteiger partial charge is 0.337 e. The Morgan fingerprint density at radius 3 is 1.38 bits per heavy atom. The lowest BCUT2D eigenvalue weighted by Gasteiger charge is -2.41. The highest BCUT2D eigenvalue weighted by atomic mass is 16.8. The van der Waals surface area contributed by atoms with Crippen molar-refractivity contribution in [2.24, 2.45) is 11.8 Å². The van der Waals surface area contributed by atoms with Crippen LogP contribution in [0.1, 0.15) is 37.8 Å². The SMILES string of the molecule is C/C=C1/[C@H](O[C@@H]2O[C@H](CO)[C@@H](O)[C@@H](O)[C@H]2O)OC=C(C(=O)OC)[C@H]1CC(=O)Oc1ccc(CCOC(=O)C2=CO[C@@H](O[C@@H]3O[C@H](CO)[C@@H](O)[C@@H](O)[C@H]3O)/C(=C/C)[C@@H]2CC(=O)Oc2ccc(CCO)cc2)cc1. The Morgan fingerprint density at radius 1 is 0.569 bits per heavy atom. The zero-order chi connectivity index (χ0) is 52.2. The summed E-state index contributed by atoms with van der Waals surface area (Å²) in [5, 5.41) is 90.7. The van der Waals surface area contributed by atoms with E-state index in [1.807, 2.05) is 0 Å². The molecule has 2 fully saturated rings. The van der Waals surface area contributed by atoms with Gasteiger partial charge in [-0.3, -0.25) is 9.59 Å². The van der Waals surface area contributed by atoms with E-state index in [2.05, 4.69) is 0 Å². The maximum atomic E-state index is 13.7. The van der Waals surface area contributed by atoms with Crippen molar-refractivity contribution in [3.05, 3.63) is 107 Å². The third-order valence-electron chi connectivity index (χ3n) is 12.3. The summed E-state index contributed by atoms with van der Waals surface area (Å²) >= 11 is 0. The average molecular weight is 1020 g/mol. The van der Waals surface area contributed by atoms with Crippen LogP contribution < -0.4 is 9.47 Å². The van der Waals surface area contributed by atoms with Crippen LogP contribution in [-0.2, 0) is 69.9 Å². The van der Waals surface area contributed by atoms with Gasteiger partial charge in [0.15, 0.2) is 12.6 Å². The Hall–Kier alpha value is -5.64. The van der Waals surface area contributed by atoms with Crippen molar-refractivity contribution in [1.82, 2.24) is 0 Å². The summed E-state index contributed by atoms with van der Waals surface area (Å²) in [6, 6.07) is 12.7. The number of carbonyl (C=O) groups excluding carboxylic acids is 4. The summed E-state index contributed by atoms with van der Waals surface area (Å²) < 4.78 is 55.7. The molecule has 23 heteroatoms. The van der Waals surface area contributed by atoms with Crippen LogP contribution in [0.3, 0.4) is 0 Å².